The third-order valence-electron chi connectivity index (χ3n) is 1.77. The fourth-order valence-electron chi connectivity index (χ4n) is 0.710. The monoisotopic (exact) mass is 168 g/mol. The highest BCUT2D eigenvalue weighted by Crippen LogP contribution is 2.14. The summed E-state index contributed by atoms with van der Waals surface area (Å²) in [5, 5.41) is 0. The summed E-state index contributed by atoms with van der Waals surface area (Å²) in [5.41, 5.74) is -0.716. The molecule has 0 aromatic rings. The third-order valence-corrected chi connectivity index (χ3v) is 1.77. The molecule has 0 aliphatic heterocycles. The molecule has 1 atom stereocenters. The number of terminal acetylenes is 1. The Morgan fingerprint density at radius 1 is 1.58 bits per heavy atom. The molecular weight excluding hydrogens is 152 g/mol. The van der Waals surface area contributed by atoms with E-state index < -0.39 is 5.60 Å². The van der Waals surface area contributed by atoms with Crippen LogP contribution < -0.4 is 0 Å². The first-order valence-corrected chi connectivity index (χ1v) is 4.27. The van der Waals surface area contributed by atoms with Crippen LogP contribution in [0.25, 0.3) is 0 Å². The fourth-order valence-corrected chi connectivity index (χ4v) is 0.710. The van der Waals surface area contributed by atoms with Crippen LogP contribution in [-0.2, 0) is 9.53 Å². The van der Waals surface area contributed by atoms with Gasteiger partial charge in [-0.3, -0.25) is 4.79 Å². The van der Waals surface area contributed by atoms with Crippen LogP contribution in [0.1, 0.15) is 40.0 Å². The second-order valence-electron chi connectivity index (χ2n) is 2.95. The summed E-state index contributed by atoms with van der Waals surface area (Å²) in [6.45, 7) is 5.58. The number of rotatable bonds is 4. The summed E-state index contributed by atoms with van der Waals surface area (Å²) in [7, 11) is 0. The van der Waals surface area contributed by atoms with Gasteiger partial charge in [0, 0.05) is 6.42 Å². The van der Waals surface area contributed by atoms with Crippen molar-refractivity contribution in [1.82, 2.24) is 0 Å². The van der Waals surface area contributed by atoms with E-state index in [0.29, 0.717) is 12.8 Å². The molecule has 0 aliphatic rings. The van der Waals surface area contributed by atoms with Crippen molar-refractivity contribution >= 4 is 5.97 Å². The molecule has 0 fully saturated rings. The predicted octanol–water partition coefficient (Wildman–Crippen LogP) is 2.13. The summed E-state index contributed by atoms with van der Waals surface area (Å²) in [6.07, 6.45) is 7.12. The number of carbonyl (C=O) groups is 1. The standard InChI is InChI=1S/C10H16O2/c1-5-8-9(11)12-10(4,6-2)7-3/h2H,5,7-8H2,1,3-4H3. The first-order chi connectivity index (χ1) is 5.58. The number of hydrogen-bond donors (Lipinski definition) is 0. The summed E-state index contributed by atoms with van der Waals surface area (Å²) < 4.78 is 5.10. The van der Waals surface area contributed by atoms with Crippen LogP contribution in [0.15, 0.2) is 0 Å². The molecule has 0 aromatic heterocycles. The quantitative estimate of drug-likeness (QED) is 0.475. The molecule has 0 heterocycles. The van der Waals surface area contributed by atoms with Crippen molar-refractivity contribution in [3.05, 3.63) is 0 Å². The van der Waals surface area contributed by atoms with Crippen LogP contribution in [-0.4, -0.2) is 11.6 Å². The maximum Gasteiger partial charge on any atom is 0.307 e. The summed E-state index contributed by atoms with van der Waals surface area (Å²) in [6, 6.07) is 0. The minimum absolute atomic E-state index is 0.209. The highest BCUT2D eigenvalue weighted by molar-refractivity contribution is 5.70. The smallest absolute Gasteiger partial charge is 0.307 e. The Kier molecular flexibility index (Phi) is 4.43. The zero-order valence-corrected chi connectivity index (χ0v) is 8.02. The number of hydrogen-bond acceptors (Lipinski definition) is 2. The highest BCUT2D eigenvalue weighted by Gasteiger charge is 2.22. The molecule has 0 radical (unpaired) electrons. The molecule has 1 unspecified atom stereocenters. The van der Waals surface area contributed by atoms with Crippen LogP contribution in [0.5, 0.6) is 0 Å². The molecule has 0 rings (SSSR count). The van der Waals surface area contributed by atoms with Gasteiger partial charge in [0.1, 0.15) is 0 Å². The van der Waals surface area contributed by atoms with E-state index in [0.717, 1.165) is 6.42 Å². The average Bonchev–Trinajstić information content (AvgIpc) is 2.05. The number of ether oxygens (including phenoxy) is 1. The molecule has 0 saturated heterocycles. The topological polar surface area (TPSA) is 26.3 Å². The molecule has 0 aliphatic carbocycles. The highest BCUT2D eigenvalue weighted by atomic mass is 16.6. The third kappa shape index (κ3) is 3.43. The lowest BCUT2D eigenvalue weighted by atomic mass is 10.1. The van der Waals surface area contributed by atoms with Gasteiger partial charge >= 0.3 is 5.97 Å². The Bertz CT molecular complexity index is 191. The van der Waals surface area contributed by atoms with Gasteiger partial charge in [0.15, 0.2) is 5.60 Å². The van der Waals surface area contributed by atoms with Crippen molar-refractivity contribution in [2.45, 2.75) is 45.6 Å². The van der Waals surface area contributed by atoms with Crippen LogP contribution in [0.4, 0.5) is 0 Å². The van der Waals surface area contributed by atoms with E-state index in [9.17, 15) is 4.79 Å². The maximum absolute atomic E-state index is 11.1. The number of carbonyl (C=O) groups excluding carboxylic acids is 1. The molecule has 0 saturated carbocycles. The molecule has 0 bridgehead atoms. The van der Waals surface area contributed by atoms with Gasteiger partial charge in [-0.25, -0.2) is 0 Å². The SMILES string of the molecule is C#CC(C)(CC)OC(=O)CCC. The molecule has 2 heteroatoms. The van der Waals surface area contributed by atoms with Crippen molar-refractivity contribution in [2.75, 3.05) is 0 Å². The molecule has 2 nitrogen and oxygen atoms in total. The Balaban J connectivity index is 4.05. The molecular formula is C10H16O2. The molecule has 12 heavy (non-hydrogen) atoms. The lowest BCUT2D eigenvalue weighted by Gasteiger charge is -2.21. The van der Waals surface area contributed by atoms with E-state index in [1.165, 1.54) is 0 Å². The van der Waals surface area contributed by atoms with Crippen molar-refractivity contribution in [1.29, 1.82) is 0 Å². The van der Waals surface area contributed by atoms with Crippen LogP contribution >= 0.6 is 0 Å². The summed E-state index contributed by atoms with van der Waals surface area (Å²) >= 11 is 0. The Hall–Kier alpha value is -0.970. The van der Waals surface area contributed by atoms with E-state index in [4.69, 9.17) is 11.2 Å². The van der Waals surface area contributed by atoms with Crippen molar-refractivity contribution < 1.29 is 9.53 Å². The first kappa shape index (κ1) is 11.0. The van der Waals surface area contributed by atoms with Gasteiger partial charge in [-0.1, -0.05) is 19.8 Å². The fraction of sp³-hybridized carbons (Fsp3) is 0.700. The van der Waals surface area contributed by atoms with Gasteiger partial charge in [0.25, 0.3) is 0 Å². The van der Waals surface area contributed by atoms with E-state index in [-0.39, 0.29) is 5.97 Å². The van der Waals surface area contributed by atoms with Crippen molar-refractivity contribution in [3.8, 4) is 12.3 Å². The van der Waals surface area contributed by atoms with E-state index in [2.05, 4.69) is 5.92 Å². The van der Waals surface area contributed by atoms with Crippen molar-refractivity contribution in [3.63, 3.8) is 0 Å². The Morgan fingerprint density at radius 2 is 2.17 bits per heavy atom. The second-order valence-corrected chi connectivity index (χ2v) is 2.95. The van der Waals surface area contributed by atoms with Crippen molar-refractivity contribution in [2.24, 2.45) is 0 Å². The van der Waals surface area contributed by atoms with Gasteiger partial charge in [0.2, 0.25) is 0 Å². The number of esters is 1. The molecule has 0 N–H and O–H groups in total. The predicted molar refractivity (Wildman–Crippen MR) is 48.5 cm³/mol. The Labute approximate surface area is 74.3 Å². The maximum atomic E-state index is 11.1. The van der Waals surface area contributed by atoms with Crippen LogP contribution in [0, 0.1) is 12.3 Å². The minimum atomic E-state index is -0.716. The van der Waals surface area contributed by atoms with Gasteiger partial charge in [-0.2, -0.15) is 0 Å². The average molecular weight is 168 g/mol. The normalized spacial score (nSPS) is 14.5. The zero-order chi connectivity index (χ0) is 9.61. The van der Waals surface area contributed by atoms with Gasteiger partial charge in [-0.15, -0.1) is 6.42 Å². The molecule has 0 amide bonds. The Morgan fingerprint density at radius 3 is 2.50 bits per heavy atom. The van der Waals surface area contributed by atoms with E-state index in [1.54, 1.807) is 6.92 Å². The summed E-state index contributed by atoms with van der Waals surface area (Å²) in [5.74, 6) is 2.27. The van der Waals surface area contributed by atoms with E-state index in [1.807, 2.05) is 13.8 Å². The van der Waals surface area contributed by atoms with Gasteiger partial charge in [0.05, 0.1) is 0 Å². The molecule has 68 valence electrons. The lowest BCUT2D eigenvalue weighted by molar-refractivity contribution is -0.153. The van der Waals surface area contributed by atoms with E-state index >= 15 is 0 Å². The van der Waals surface area contributed by atoms with Crippen LogP contribution in [0.3, 0.4) is 0 Å². The van der Waals surface area contributed by atoms with Crippen LogP contribution in [0.2, 0.25) is 0 Å². The zero-order valence-electron chi connectivity index (χ0n) is 8.02. The second kappa shape index (κ2) is 4.82. The largest absolute Gasteiger partial charge is 0.446 e. The van der Waals surface area contributed by atoms with Gasteiger partial charge < -0.3 is 4.74 Å². The minimum Gasteiger partial charge on any atom is -0.446 e. The molecule has 0 spiro atoms. The summed E-state index contributed by atoms with van der Waals surface area (Å²) in [4.78, 5) is 11.1. The first-order valence-electron chi connectivity index (χ1n) is 4.27. The lowest BCUT2D eigenvalue weighted by Crippen LogP contribution is -2.28. The van der Waals surface area contributed by atoms with Gasteiger partial charge in [-0.05, 0) is 19.8 Å². The molecule has 0 aromatic carbocycles.